The standard InChI is InChI=1S/C20H29NO5S/c1-5-26-19(22)20(11-14-21(15-12-20)13-10-16(2)3)27(23,24)18-8-6-17(25-4)7-9-18/h6-10H,5,11-15H2,1-4H3. The second-order valence-electron chi connectivity index (χ2n) is 6.98. The molecule has 0 N–H and O–H groups in total. The number of carbonyl (C=O) groups is 1. The Bertz CT molecular complexity index is 771. The van der Waals surface area contributed by atoms with Crippen LogP contribution >= 0.6 is 0 Å². The van der Waals surface area contributed by atoms with Crippen LogP contribution < -0.4 is 4.74 Å². The first-order valence-electron chi connectivity index (χ1n) is 9.18. The summed E-state index contributed by atoms with van der Waals surface area (Å²) in [6.45, 7) is 7.71. The lowest BCUT2D eigenvalue weighted by molar-refractivity contribution is -0.147. The van der Waals surface area contributed by atoms with Crippen LogP contribution in [-0.2, 0) is 19.4 Å². The van der Waals surface area contributed by atoms with Crippen LogP contribution in [0.5, 0.6) is 5.75 Å². The molecule has 0 atom stereocenters. The molecule has 7 heteroatoms. The van der Waals surface area contributed by atoms with Crippen molar-refractivity contribution in [3.05, 3.63) is 35.9 Å². The second kappa shape index (κ2) is 8.89. The number of hydrogen-bond acceptors (Lipinski definition) is 6. The molecule has 150 valence electrons. The minimum absolute atomic E-state index is 0.120. The maximum Gasteiger partial charge on any atom is 0.327 e. The molecule has 0 amide bonds. The lowest BCUT2D eigenvalue weighted by atomic mass is 9.95. The maximum atomic E-state index is 13.4. The molecule has 1 aromatic rings. The van der Waals surface area contributed by atoms with E-state index in [1.165, 1.54) is 24.8 Å². The molecule has 0 aromatic heterocycles. The average molecular weight is 396 g/mol. The summed E-state index contributed by atoms with van der Waals surface area (Å²) in [6.07, 6.45) is 2.54. The van der Waals surface area contributed by atoms with Crippen LogP contribution in [0.25, 0.3) is 0 Å². The first kappa shape index (κ1) is 21.4. The molecular formula is C20H29NO5S. The number of esters is 1. The summed E-state index contributed by atoms with van der Waals surface area (Å²) >= 11 is 0. The largest absolute Gasteiger partial charge is 0.497 e. The minimum Gasteiger partial charge on any atom is -0.497 e. The lowest BCUT2D eigenvalue weighted by Crippen LogP contribution is -2.55. The van der Waals surface area contributed by atoms with E-state index in [0.717, 1.165) is 6.54 Å². The topological polar surface area (TPSA) is 72.9 Å². The van der Waals surface area contributed by atoms with Gasteiger partial charge in [-0.25, -0.2) is 8.42 Å². The van der Waals surface area contributed by atoms with Gasteiger partial charge in [0, 0.05) is 19.6 Å². The highest BCUT2D eigenvalue weighted by molar-refractivity contribution is 7.93. The summed E-state index contributed by atoms with van der Waals surface area (Å²) in [6, 6.07) is 6.17. The van der Waals surface area contributed by atoms with Crippen molar-refractivity contribution in [2.75, 3.05) is 33.4 Å². The number of rotatable bonds is 7. The van der Waals surface area contributed by atoms with Crippen molar-refractivity contribution in [2.45, 2.75) is 43.3 Å². The molecule has 1 fully saturated rings. The molecule has 2 rings (SSSR count). The molecule has 1 aliphatic heterocycles. The molecule has 0 saturated carbocycles. The van der Waals surface area contributed by atoms with Crippen molar-refractivity contribution >= 4 is 15.8 Å². The van der Waals surface area contributed by atoms with E-state index in [9.17, 15) is 13.2 Å². The molecule has 1 heterocycles. The van der Waals surface area contributed by atoms with Gasteiger partial charge in [-0.05, 0) is 57.9 Å². The summed E-state index contributed by atoms with van der Waals surface area (Å²) in [5.41, 5.74) is 1.21. The fourth-order valence-corrected chi connectivity index (χ4v) is 5.18. The fraction of sp³-hybridized carbons (Fsp3) is 0.550. The molecule has 6 nitrogen and oxygen atoms in total. The predicted octanol–water partition coefficient (Wildman–Crippen LogP) is 2.83. The van der Waals surface area contributed by atoms with E-state index in [-0.39, 0.29) is 24.3 Å². The van der Waals surface area contributed by atoms with E-state index in [1.54, 1.807) is 19.1 Å². The molecule has 1 saturated heterocycles. The van der Waals surface area contributed by atoms with E-state index in [2.05, 4.69) is 11.0 Å². The van der Waals surface area contributed by atoms with Crippen LogP contribution in [0.2, 0.25) is 0 Å². The van der Waals surface area contributed by atoms with E-state index in [4.69, 9.17) is 9.47 Å². The van der Waals surface area contributed by atoms with Crippen LogP contribution in [0, 0.1) is 0 Å². The van der Waals surface area contributed by atoms with Crippen LogP contribution in [0.3, 0.4) is 0 Å². The van der Waals surface area contributed by atoms with Crippen LogP contribution in [0.4, 0.5) is 0 Å². The van der Waals surface area contributed by atoms with Gasteiger partial charge >= 0.3 is 5.97 Å². The number of nitrogens with zero attached hydrogens (tertiary/aromatic N) is 1. The van der Waals surface area contributed by atoms with Gasteiger partial charge in [-0.15, -0.1) is 0 Å². The van der Waals surface area contributed by atoms with Crippen molar-refractivity contribution < 1.29 is 22.7 Å². The van der Waals surface area contributed by atoms with E-state index >= 15 is 0 Å². The number of sulfone groups is 1. The van der Waals surface area contributed by atoms with Gasteiger partial charge in [0.2, 0.25) is 0 Å². The number of ether oxygens (including phenoxy) is 2. The molecule has 0 radical (unpaired) electrons. The third-order valence-corrected chi connectivity index (χ3v) is 7.45. The highest BCUT2D eigenvalue weighted by Gasteiger charge is 2.54. The molecular weight excluding hydrogens is 366 g/mol. The Morgan fingerprint density at radius 1 is 1.19 bits per heavy atom. The average Bonchev–Trinajstić information content (AvgIpc) is 2.66. The molecule has 27 heavy (non-hydrogen) atoms. The lowest BCUT2D eigenvalue weighted by Gasteiger charge is -2.39. The Kier molecular flexibility index (Phi) is 7.06. The van der Waals surface area contributed by atoms with Gasteiger partial charge in [0.05, 0.1) is 18.6 Å². The third kappa shape index (κ3) is 4.52. The summed E-state index contributed by atoms with van der Waals surface area (Å²) in [5.74, 6) is -0.0849. The minimum atomic E-state index is -3.90. The molecule has 0 spiro atoms. The quantitative estimate of drug-likeness (QED) is 0.522. The summed E-state index contributed by atoms with van der Waals surface area (Å²) in [7, 11) is -2.38. The van der Waals surface area contributed by atoms with Crippen molar-refractivity contribution in [2.24, 2.45) is 0 Å². The number of carbonyl (C=O) groups excluding carboxylic acids is 1. The second-order valence-corrected chi connectivity index (χ2v) is 9.24. The van der Waals surface area contributed by atoms with Crippen LogP contribution in [-0.4, -0.2) is 57.4 Å². The van der Waals surface area contributed by atoms with E-state index in [0.29, 0.717) is 18.8 Å². The van der Waals surface area contributed by atoms with Gasteiger partial charge in [-0.2, -0.15) is 0 Å². The van der Waals surface area contributed by atoms with Crippen LogP contribution in [0.15, 0.2) is 40.8 Å². The zero-order valence-electron chi connectivity index (χ0n) is 16.5. The number of piperidine rings is 1. The van der Waals surface area contributed by atoms with Crippen molar-refractivity contribution in [1.82, 2.24) is 4.90 Å². The van der Waals surface area contributed by atoms with Crippen LogP contribution in [0.1, 0.15) is 33.6 Å². The van der Waals surface area contributed by atoms with E-state index < -0.39 is 20.6 Å². The summed E-state index contributed by atoms with van der Waals surface area (Å²) < 4.78 is 35.6. The number of methoxy groups -OCH3 is 1. The highest BCUT2D eigenvalue weighted by atomic mass is 32.2. The van der Waals surface area contributed by atoms with Crippen molar-refractivity contribution in [1.29, 1.82) is 0 Å². The SMILES string of the molecule is CCOC(=O)C1(S(=O)(=O)c2ccc(OC)cc2)CCN(CC=C(C)C)CC1. The van der Waals surface area contributed by atoms with Gasteiger partial charge in [-0.1, -0.05) is 11.6 Å². The zero-order valence-corrected chi connectivity index (χ0v) is 17.3. The Balaban J connectivity index is 2.34. The fourth-order valence-electron chi connectivity index (χ4n) is 3.23. The molecule has 1 aromatic carbocycles. The third-order valence-electron chi connectivity index (χ3n) is 4.95. The highest BCUT2D eigenvalue weighted by Crippen LogP contribution is 2.37. The van der Waals surface area contributed by atoms with Crippen molar-refractivity contribution in [3.8, 4) is 5.75 Å². The van der Waals surface area contributed by atoms with Gasteiger partial charge in [0.25, 0.3) is 0 Å². The van der Waals surface area contributed by atoms with E-state index in [1.807, 2.05) is 13.8 Å². The zero-order chi connectivity index (χ0) is 20.1. The number of hydrogen-bond donors (Lipinski definition) is 0. The molecule has 0 bridgehead atoms. The first-order valence-corrected chi connectivity index (χ1v) is 10.7. The van der Waals surface area contributed by atoms with Gasteiger partial charge in [0.1, 0.15) is 5.75 Å². The first-order chi connectivity index (χ1) is 12.8. The molecule has 0 unspecified atom stereocenters. The normalized spacial score (nSPS) is 17.2. The monoisotopic (exact) mass is 395 g/mol. The number of allylic oxidation sites excluding steroid dienone is 1. The Morgan fingerprint density at radius 2 is 1.78 bits per heavy atom. The Hall–Kier alpha value is -1.86. The Morgan fingerprint density at radius 3 is 2.26 bits per heavy atom. The van der Waals surface area contributed by atoms with Gasteiger partial charge in [0.15, 0.2) is 14.6 Å². The summed E-state index contributed by atoms with van der Waals surface area (Å²) in [4.78, 5) is 15.1. The smallest absolute Gasteiger partial charge is 0.327 e. The number of benzene rings is 1. The van der Waals surface area contributed by atoms with Crippen molar-refractivity contribution in [3.63, 3.8) is 0 Å². The molecule has 1 aliphatic rings. The maximum absolute atomic E-state index is 13.4. The van der Waals surface area contributed by atoms with Gasteiger partial charge < -0.3 is 9.47 Å². The predicted molar refractivity (Wildman–Crippen MR) is 105 cm³/mol. The number of likely N-dealkylation sites (tertiary alicyclic amines) is 1. The Labute approximate surface area is 162 Å². The van der Waals surface area contributed by atoms with Gasteiger partial charge in [-0.3, -0.25) is 9.69 Å². The summed E-state index contributed by atoms with van der Waals surface area (Å²) in [5, 5.41) is 0. The molecule has 0 aliphatic carbocycles.